The van der Waals surface area contributed by atoms with Crippen molar-refractivity contribution in [3.8, 4) is 0 Å². The lowest BCUT2D eigenvalue weighted by atomic mass is 9.79. The second kappa shape index (κ2) is 4.96. The summed E-state index contributed by atoms with van der Waals surface area (Å²) >= 11 is 9.47. The fourth-order valence-corrected chi connectivity index (χ4v) is 4.98. The van der Waals surface area contributed by atoms with Gasteiger partial charge >= 0.3 is 5.97 Å². The van der Waals surface area contributed by atoms with Gasteiger partial charge in [-0.1, -0.05) is 11.6 Å². The first-order chi connectivity index (χ1) is 10.5. The lowest BCUT2D eigenvalue weighted by Gasteiger charge is -2.24. The molecular weight excluding hydrogens is 370 g/mol. The molecular formula is C16H15BrClNO3. The summed E-state index contributed by atoms with van der Waals surface area (Å²) in [6.07, 6.45) is 1.81. The third-order valence-electron chi connectivity index (χ3n) is 5.31. The van der Waals surface area contributed by atoms with E-state index in [1.54, 1.807) is 6.07 Å². The molecule has 0 spiro atoms. The second-order valence-electron chi connectivity index (χ2n) is 6.49. The summed E-state index contributed by atoms with van der Waals surface area (Å²) in [4.78, 5) is 24.7. The molecule has 4 rings (SSSR count). The van der Waals surface area contributed by atoms with Crippen molar-refractivity contribution >= 4 is 45.1 Å². The molecule has 1 amide bonds. The average Bonchev–Trinajstić information content (AvgIpc) is 3.05. The lowest BCUT2D eigenvalue weighted by molar-refractivity contribution is -0.145. The van der Waals surface area contributed by atoms with Gasteiger partial charge < -0.3 is 10.1 Å². The summed E-state index contributed by atoms with van der Waals surface area (Å²) < 4.78 is 6.18. The SMILES string of the molecule is Cc1cc(Br)c(Cl)cc1NC(=O)[C@@H]1[C@@H]2C[C@@H]3[C@H]1C(=O)O[C@H]3C2. The van der Waals surface area contributed by atoms with E-state index < -0.39 is 0 Å². The molecule has 1 saturated heterocycles. The Balaban J connectivity index is 1.59. The number of amides is 1. The van der Waals surface area contributed by atoms with Crippen LogP contribution in [0.25, 0.3) is 0 Å². The number of hydrogen-bond donors (Lipinski definition) is 1. The van der Waals surface area contributed by atoms with E-state index >= 15 is 0 Å². The van der Waals surface area contributed by atoms with Gasteiger partial charge in [-0.15, -0.1) is 0 Å². The van der Waals surface area contributed by atoms with Crippen molar-refractivity contribution in [2.75, 3.05) is 5.32 Å². The molecule has 3 aliphatic rings. The Kier molecular flexibility index (Phi) is 3.28. The van der Waals surface area contributed by atoms with Crippen LogP contribution in [-0.2, 0) is 14.3 Å². The Morgan fingerprint density at radius 2 is 2.18 bits per heavy atom. The van der Waals surface area contributed by atoms with Crippen molar-refractivity contribution in [2.24, 2.45) is 23.7 Å². The molecule has 0 radical (unpaired) electrons. The molecule has 2 aliphatic carbocycles. The van der Waals surface area contributed by atoms with E-state index in [4.69, 9.17) is 16.3 Å². The molecule has 1 heterocycles. The summed E-state index contributed by atoms with van der Waals surface area (Å²) in [6.45, 7) is 1.91. The highest BCUT2D eigenvalue weighted by atomic mass is 79.9. The van der Waals surface area contributed by atoms with Crippen molar-refractivity contribution in [1.82, 2.24) is 0 Å². The van der Waals surface area contributed by atoms with Crippen LogP contribution in [0.1, 0.15) is 18.4 Å². The molecule has 4 nitrogen and oxygen atoms in total. The predicted molar refractivity (Wildman–Crippen MR) is 85.6 cm³/mol. The number of rotatable bonds is 2. The van der Waals surface area contributed by atoms with Crippen molar-refractivity contribution in [1.29, 1.82) is 0 Å². The van der Waals surface area contributed by atoms with E-state index in [1.165, 1.54) is 0 Å². The van der Waals surface area contributed by atoms with Crippen LogP contribution in [-0.4, -0.2) is 18.0 Å². The number of fused-ring (bicyclic) bond motifs is 1. The predicted octanol–water partition coefficient (Wildman–Crippen LogP) is 3.55. The molecule has 1 aliphatic heterocycles. The van der Waals surface area contributed by atoms with Gasteiger partial charge in [-0.25, -0.2) is 0 Å². The number of carbonyl (C=O) groups is 2. The average molecular weight is 385 g/mol. The molecule has 1 aromatic rings. The Morgan fingerprint density at radius 1 is 1.41 bits per heavy atom. The molecule has 0 aromatic heterocycles. The van der Waals surface area contributed by atoms with Crippen LogP contribution in [0.15, 0.2) is 16.6 Å². The number of nitrogens with one attached hydrogen (secondary N) is 1. The van der Waals surface area contributed by atoms with E-state index in [-0.39, 0.29) is 41.7 Å². The first kappa shape index (κ1) is 14.5. The Hall–Kier alpha value is -1.07. The molecule has 5 atom stereocenters. The first-order valence-corrected chi connectivity index (χ1v) is 8.60. The summed E-state index contributed by atoms with van der Waals surface area (Å²) in [5, 5.41) is 3.51. The number of hydrogen-bond acceptors (Lipinski definition) is 3. The zero-order valence-electron chi connectivity index (χ0n) is 11.9. The standard InChI is InChI=1S/C16H15BrClNO3/c1-6-2-9(17)10(18)5-11(6)19-15(20)13-7-3-8-12(4-7)22-16(21)14(8)13/h2,5,7-8,12-14H,3-4H2,1H3,(H,19,20)/t7-,8+,12+,13-,14-/m1/s1. The zero-order chi connectivity index (χ0) is 15.6. The fraction of sp³-hybridized carbons (Fsp3) is 0.500. The number of anilines is 1. The first-order valence-electron chi connectivity index (χ1n) is 7.42. The third-order valence-corrected chi connectivity index (χ3v) is 6.51. The third kappa shape index (κ3) is 2.02. The van der Waals surface area contributed by atoms with Crippen LogP contribution in [0, 0.1) is 30.6 Å². The minimum absolute atomic E-state index is 0.0513. The molecule has 6 heteroatoms. The topological polar surface area (TPSA) is 55.4 Å². The van der Waals surface area contributed by atoms with Crippen molar-refractivity contribution in [3.63, 3.8) is 0 Å². The molecule has 22 heavy (non-hydrogen) atoms. The molecule has 1 N–H and O–H groups in total. The highest BCUT2D eigenvalue weighted by Gasteiger charge is 2.63. The van der Waals surface area contributed by atoms with Gasteiger partial charge in [0.1, 0.15) is 6.10 Å². The van der Waals surface area contributed by atoms with E-state index in [2.05, 4.69) is 21.2 Å². The van der Waals surface area contributed by atoms with Crippen molar-refractivity contribution in [2.45, 2.75) is 25.9 Å². The number of ether oxygens (including phenoxy) is 1. The van der Waals surface area contributed by atoms with E-state index in [0.29, 0.717) is 10.7 Å². The Bertz CT molecular complexity index is 690. The van der Waals surface area contributed by atoms with Gasteiger partial charge in [-0.2, -0.15) is 0 Å². The maximum Gasteiger partial charge on any atom is 0.310 e. The van der Waals surface area contributed by atoms with E-state index in [0.717, 1.165) is 22.9 Å². The summed E-state index contributed by atoms with van der Waals surface area (Å²) in [7, 11) is 0. The number of halogens is 2. The summed E-state index contributed by atoms with van der Waals surface area (Å²) in [5.74, 6) is -0.300. The quantitative estimate of drug-likeness (QED) is 0.793. The van der Waals surface area contributed by atoms with Gasteiger partial charge in [0.25, 0.3) is 0 Å². The van der Waals surface area contributed by atoms with Crippen molar-refractivity contribution < 1.29 is 14.3 Å². The maximum absolute atomic E-state index is 12.7. The van der Waals surface area contributed by atoms with E-state index in [1.807, 2.05) is 13.0 Å². The number of aryl methyl sites for hydroxylation is 1. The largest absolute Gasteiger partial charge is 0.462 e. The highest BCUT2D eigenvalue weighted by Crippen LogP contribution is 2.57. The smallest absolute Gasteiger partial charge is 0.310 e. The van der Waals surface area contributed by atoms with Crippen LogP contribution in [0.4, 0.5) is 5.69 Å². The monoisotopic (exact) mass is 383 g/mol. The molecule has 0 unspecified atom stereocenters. The second-order valence-corrected chi connectivity index (χ2v) is 7.75. The molecule has 1 aromatic carbocycles. The van der Waals surface area contributed by atoms with E-state index in [9.17, 15) is 9.59 Å². The summed E-state index contributed by atoms with van der Waals surface area (Å²) in [6, 6.07) is 3.61. The van der Waals surface area contributed by atoms with Crippen LogP contribution >= 0.6 is 27.5 Å². The van der Waals surface area contributed by atoms with Crippen LogP contribution in [0.2, 0.25) is 5.02 Å². The zero-order valence-corrected chi connectivity index (χ0v) is 14.3. The van der Waals surface area contributed by atoms with Gasteiger partial charge in [-0.05, 0) is 59.3 Å². The van der Waals surface area contributed by atoms with Crippen molar-refractivity contribution in [3.05, 3.63) is 27.2 Å². The van der Waals surface area contributed by atoms with Gasteiger partial charge in [-0.3, -0.25) is 9.59 Å². The summed E-state index contributed by atoms with van der Waals surface area (Å²) in [5.41, 5.74) is 1.63. The fourth-order valence-electron chi connectivity index (χ4n) is 4.36. The van der Waals surface area contributed by atoms with Gasteiger partial charge in [0.15, 0.2) is 0 Å². The Labute approximate surface area is 141 Å². The number of esters is 1. The van der Waals surface area contributed by atoms with Gasteiger partial charge in [0.05, 0.1) is 16.9 Å². The molecule has 116 valence electrons. The number of benzene rings is 1. The van der Waals surface area contributed by atoms with Gasteiger partial charge in [0.2, 0.25) is 5.91 Å². The Morgan fingerprint density at radius 3 is 2.95 bits per heavy atom. The van der Waals surface area contributed by atoms with Crippen LogP contribution in [0.5, 0.6) is 0 Å². The molecule has 3 fully saturated rings. The number of carbonyl (C=O) groups excluding carboxylic acids is 2. The van der Waals surface area contributed by atoms with Crippen LogP contribution in [0.3, 0.4) is 0 Å². The van der Waals surface area contributed by atoms with Crippen LogP contribution < -0.4 is 5.32 Å². The normalized spacial score (nSPS) is 34.9. The maximum atomic E-state index is 12.7. The molecule has 2 saturated carbocycles. The minimum Gasteiger partial charge on any atom is -0.462 e. The minimum atomic E-state index is -0.266. The molecule has 2 bridgehead atoms. The lowest BCUT2D eigenvalue weighted by Crippen LogP contribution is -2.36. The highest BCUT2D eigenvalue weighted by molar-refractivity contribution is 9.10. The van der Waals surface area contributed by atoms with Gasteiger partial charge in [0, 0.05) is 16.1 Å².